The predicted molar refractivity (Wildman–Crippen MR) is 106 cm³/mol. The molecule has 30 heavy (non-hydrogen) atoms. The molecule has 4 rings (SSSR count). The minimum Gasteiger partial charge on any atom is -0.335 e. The van der Waals surface area contributed by atoms with Crippen LogP contribution in [-0.4, -0.2) is 64.0 Å². The summed E-state index contributed by atoms with van der Waals surface area (Å²) in [4.78, 5) is 60.7. The molecule has 1 aromatic heterocycles. The molecule has 1 saturated heterocycles. The average Bonchev–Trinajstić information content (AvgIpc) is 3.22. The maximum atomic E-state index is 12.9. The summed E-state index contributed by atoms with van der Waals surface area (Å²) in [6, 6.07) is 10.1. The van der Waals surface area contributed by atoms with Gasteiger partial charge >= 0.3 is 0 Å². The van der Waals surface area contributed by atoms with Crippen molar-refractivity contribution in [1.82, 2.24) is 14.8 Å². The molecule has 2 amide bonds. The summed E-state index contributed by atoms with van der Waals surface area (Å²) in [5.74, 6) is 0.243. The van der Waals surface area contributed by atoms with Gasteiger partial charge in [-0.15, -0.1) is 0 Å². The monoisotopic (exact) mass is 402 g/mol. The van der Waals surface area contributed by atoms with Gasteiger partial charge in [0.1, 0.15) is 17.0 Å². The van der Waals surface area contributed by atoms with Crippen LogP contribution in [0.2, 0.25) is 0 Å². The van der Waals surface area contributed by atoms with Crippen molar-refractivity contribution in [2.24, 2.45) is 4.99 Å². The number of rotatable bonds is 3. The largest absolute Gasteiger partial charge is 0.335 e. The molecule has 0 spiro atoms. The number of amides is 2. The van der Waals surface area contributed by atoms with E-state index < -0.39 is 11.7 Å². The minimum atomic E-state index is -0.734. The molecule has 8 heteroatoms. The van der Waals surface area contributed by atoms with Crippen molar-refractivity contribution >= 4 is 29.1 Å². The Bertz CT molecular complexity index is 1220. The molecule has 0 aliphatic carbocycles. The van der Waals surface area contributed by atoms with E-state index in [0.717, 1.165) is 0 Å². The summed E-state index contributed by atoms with van der Waals surface area (Å²) >= 11 is 0. The van der Waals surface area contributed by atoms with Crippen molar-refractivity contribution in [3.8, 4) is 0 Å². The highest BCUT2D eigenvalue weighted by Crippen LogP contribution is 2.18. The minimum absolute atomic E-state index is 0.0575. The first kappa shape index (κ1) is 19.4. The van der Waals surface area contributed by atoms with Crippen molar-refractivity contribution in [3.05, 3.63) is 70.6 Å². The maximum absolute atomic E-state index is 12.9. The van der Waals surface area contributed by atoms with E-state index in [2.05, 4.69) is 9.98 Å². The zero-order valence-corrected chi connectivity index (χ0v) is 16.2. The van der Waals surface area contributed by atoms with Crippen LogP contribution in [0.1, 0.15) is 23.0 Å². The summed E-state index contributed by atoms with van der Waals surface area (Å²) < 4.78 is 0. The molecule has 2 aliphatic heterocycles. The predicted octanol–water partition coefficient (Wildman–Crippen LogP) is -0.499. The van der Waals surface area contributed by atoms with Gasteiger partial charge in [-0.25, -0.2) is 4.79 Å². The molecule has 0 bridgehead atoms. The van der Waals surface area contributed by atoms with Gasteiger partial charge in [0.25, 0.3) is 17.6 Å². The van der Waals surface area contributed by atoms with Crippen LogP contribution in [0.25, 0.3) is 5.57 Å². The zero-order valence-electron chi connectivity index (χ0n) is 16.2. The topological polar surface area (TPSA) is 100 Å². The fourth-order valence-corrected chi connectivity index (χ4v) is 3.67. The molecule has 1 aromatic carbocycles. The van der Waals surface area contributed by atoms with Gasteiger partial charge < -0.3 is 9.80 Å². The van der Waals surface area contributed by atoms with Crippen LogP contribution in [-0.2, 0) is 14.4 Å². The molecular formula is C22H18N4O4. The normalized spacial score (nSPS) is 17.5. The smallest absolute Gasteiger partial charge is 0.295 e. The van der Waals surface area contributed by atoms with Gasteiger partial charge in [-0.1, -0.05) is 18.2 Å². The standard InChI is InChI=1S/C22H18N4O4/c1-14-12-25(21(29)15-5-3-2-4-6-15)9-10-26(14)22(30)20(28)17-11-24-18-16(13-27)7-8-23-19(17)18/h2-8,11,14H,9-10,12H2,1H3/t14-/m1/s1. The summed E-state index contributed by atoms with van der Waals surface area (Å²) in [5.41, 5.74) is 0.852. The van der Waals surface area contributed by atoms with Gasteiger partial charge in [0.05, 0.1) is 10.8 Å². The molecule has 1 atom stereocenters. The molecule has 3 heterocycles. The van der Waals surface area contributed by atoms with Gasteiger partial charge in [-0.3, -0.25) is 24.4 Å². The third-order valence-electron chi connectivity index (χ3n) is 5.25. The first-order valence-corrected chi connectivity index (χ1v) is 9.49. The second kappa shape index (κ2) is 7.85. The Labute approximate surface area is 171 Å². The Morgan fingerprint density at radius 2 is 1.87 bits per heavy atom. The first-order valence-electron chi connectivity index (χ1n) is 9.49. The van der Waals surface area contributed by atoms with Crippen LogP contribution in [0.15, 0.2) is 53.8 Å². The molecular weight excluding hydrogens is 384 g/mol. The summed E-state index contributed by atoms with van der Waals surface area (Å²) in [6.45, 7) is 2.71. The number of piperazine rings is 1. The quantitative estimate of drug-likeness (QED) is 0.645. The second-order valence-corrected chi connectivity index (χ2v) is 7.12. The average molecular weight is 402 g/mol. The number of hydrogen-bond acceptors (Lipinski definition) is 6. The molecule has 8 nitrogen and oxygen atoms in total. The number of Topliss-reactive ketones (excluding diaryl/α,β-unsaturated/α-hetero) is 1. The molecule has 0 saturated carbocycles. The number of nitrogens with zero attached hydrogens (tertiary/aromatic N) is 4. The molecule has 0 radical (unpaired) electrons. The van der Waals surface area contributed by atoms with Crippen molar-refractivity contribution in [1.29, 1.82) is 0 Å². The Hall–Kier alpha value is -3.90. The van der Waals surface area contributed by atoms with Crippen LogP contribution in [0.4, 0.5) is 0 Å². The van der Waals surface area contributed by atoms with Crippen molar-refractivity contribution in [2.45, 2.75) is 13.0 Å². The lowest BCUT2D eigenvalue weighted by Crippen LogP contribution is -2.56. The van der Waals surface area contributed by atoms with Crippen LogP contribution in [0.5, 0.6) is 0 Å². The molecule has 150 valence electrons. The number of pyridine rings is 1. The third-order valence-corrected chi connectivity index (χ3v) is 5.25. The van der Waals surface area contributed by atoms with Gasteiger partial charge in [-0.05, 0) is 25.1 Å². The third kappa shape index (κ3) is 3.33. The van der Waals surface area contributed by atoms with E-state index in [1.807, 2.05) is 6.07 Å². The lowest BCUT2D eigenvalue weighted by atomic mass is 10.1. The lowest BCUT2D eigenvalue weighted by molar-refractivity contribution is -0.144. The molecule has 1 fully saturated rings. The van der Waals surface area contributed by atoms with E-state index in [1.165, 1.54) is 23.4 Å². The highest BCUT2D eigenvalue weighted by atomic mass is 16.2. The second-order valence-electron chi connectivity index (χ2n) is 7.12. The number of aromatic nitrogens is 1. The van der Waals surface area contributed by atoms with Crippen LogP contribution < -0.4 is 10.6 Å². The van der Waals surface area contributed by atoms with Crippen LogP contribution >= 0.6 is 0 Å². The zero-order chi connectivity index (χ0) is 21.3. The van der Waals surface area contributed by atoms with E-state index in [9.17, 15) is 19.2 Å². The van der Waals surface area contributed by atoms with E-state index in [1.54, 1.807) is 42.0 Å². The number of carbonyl (C=O) groups is 3. The summed E-state index contributed by atoms with van der Waals surface area (Å²) in [6.07, 6.45) is 2.64. The van der Waals surface area contributed by atoms with E-state index in [0.29, 0.717) is 18.7 Å². The highest BCUT2D eigenvalue weighted by molar-refractivity contribution is 6.53. The fraction of sp³-hybridized carbons (Fsp3) is 0.227. The molecule has 0 unspecified atom stereocenters. The van der Waals surface area contributed by atoms with Crippen LogP contribution in [0, 0.1) is 0 Å². The van der Waals surface area contributed by atoms with E-state index in [4.69, 9.17) is 0 Å². The SMILES string of the molecule is C[C@@H]1CN(C(=O)c2ccccc2)CCN1C(=O)C(=O)C1=CN=c2c1nccc2=C=O. The van der Waals surface area contributed by atoms with Crippen molar-refractivity contribution in [2.75, 3.05) is 19.6 Å². The fourth-order valence-electron chi connectivity index (χ4n) is 3.67. The van der Waals surface area contributed by atoms with Gasteiger partial charge in [-0.2, -0.15) is 0 Å². The van der Waals surface area contributed by atoms with E-state index in [-0.39, 0.29) is 40.3 Å². The Balaban J connectivity index is 1.48. The maximum Gasteiger partial charge on any atom is 0.295 e. The van der Waals surface area contributed by atoms with E-state index >= 15 is 0 Å². The highest BCUT2D eigenvalue weighted by Gasteiger charge is 2.35. The number of benzene rings is 1. The number of hydrogen-bond donors (Lipinski definition) is 0. The van der Waals surface area contributed by atoms with Gasteiger partial charge in [0.15, 0.2) is 0 Å². The first-order chi connectivity index (χ1) is 14.5. The number of ketones is 1. The molecule has 2 aliphatic rings. The van der Waals surface area contributed by atoms with Crippen molar-refractivity contribution in [3.63, 3.8) is 0 Å². The Morgan fingerprint density at radius 1 is 1.10 bits per heavy atom. The number of carbonyl (C=O) groups excluding carboxylic acids is 4. The summed E-state index contributed by atoms with van der Waals surface area (Å²) in [7, 11) is 0. The summed E-state index contributed by atoms with van der Waals surface area (Å²) in [5, 5.41) is 0.433. The van der Waals surface area contributed by atoms with Crippen molar-refractivity contribution < 1.29 is 19.2 Å². The molecule has 0 N–H and O–H groups in total. The Kier molecular flexibility index (Phi) is 5.08. The molecule has 2 aromatic rings. The Morgan fingerprint density at radius 3 is 2.57 bits per heavy atom. The number of fused-ring (bicyclic) bond motifs is 1. The van der Waals surface area contributed by atoms with Gasteiger partial charge in [0.2, 0.25) is 0 Å². The van der Waals surface area contributed by atoms with Gasteiger partial charge in [0, 0.05) is 43.6 Å². The van der Waals surface area contributed by atoms with Crippen LogP contribution in [0.3, 0.4) is 0 Å². The lowest BCUT2D eigenvalue weighted by Gasteiger charge is -2.39.